The van der Waals surface area contributed by atoms with Crippen LogP contribution in [0.2, 0.25) is 0 Å². The monoisotopic (exact) mass is 212 g/mol. The summed E-state index contributed by atoms with van der Waals surface area (Å²) in [5.41, 5.74) is 4.81. The Bertz CT molecular complexity index is 481. The zero-order valence-electron chi connectivity index (χ0n) is 9.80. The zero-order valence-corrected chi connectivity index (χ0v) is 9.80. The summed E-state index contributed by atoms with van der Waals surface area (Å²) in [6, 6.07) is 2.05. The highest BCUT2D eigenvalue weighted by Crippen LogP contribution is 2.22. The molecule has 16 heavy (non-hydrogen) atoms. The molecule has 2 nitrogen and oxygen atoms in total. The first-order valence-corrected chi connectivity index (χ1v) is 5.14. The van der Waals surface area contributed by atoms with Crippen LogP contribution in [0.5, 0.6) is 0 Å². The Balaban J connectivity index is 3.10. The van der Waals surface area contributed by atoms with Crippen LogP contribution in [0, 0.1) is 19.3 Å². The van der Waals surface area contributed by atoms with Crippen LogP contribution in [-0.4, -0.2) is 11.7 Å². The predicted molar refractivity (Wildman–Crippen MR) is 70.4 cm³/mol. The van der Waals surface area contributed by atoms with E-state index in [1.165, 1.54) is 11.3 Å². The van der Waals surface area contributed by atoms with Gasteiger partial charge in [-0.15, -0.1) is 6.42 Å². The molecule has 0 aliphatic carbocycles. The van der Waals surface area contributed by atoms with E-state index in [-0.39, 0.29) is 0 Å². The summed E-state index contributed by atoms with van der Waals surface area (Å²) in [5.74, 6) is 2.56. The number of hydrogen-bond donors (Lipinski definition) is 1. The van der Waals surface area contributed by atoms with E-state index in [1.54, 1.807) is 6.20 Å². The molecule has 1 N–H and O–H groups in total. The summed E-state index contributed by atoms with van der Waals surface area (Å²) in [6.07, 6.45) is 7.91. The highest BCUT2D eigenvalue weighted by atomic mass is 14.7. The van der Waals surface area contributed by atoms with Crippen LogP contribution in [-0.2, 0) is 6.42 Å². The highest BCUT2D eigenvalue weighted by Gasteiger charge is 2.08. The van der Waals surface area contributed by atoms with Crippen molar-refractivity contribution in [1.82, 2.24) is 4.98 Å². The Hall–Kier alpha value is -2.01. The quantitative estimate of drug-likeness (QED) is 0.451. The van der Waals surface area contributed by atoms with Crippen LogP contribution in [0.25, 0.3) is 5.57 Å². The number of aromatic nitrogens is 1. The van der Waals surface area contributed by atoms with E-state index in [9.17, 15) is 0 Å². The van der Waals surface area contributed by atoms with Crippen molar-refractivity contribution in [3.8, 4) is 12.3 Å². The van der Waals surface area contributed by atoms with E-state index in [1.807, 2.05) is 0 Å². The maximum Gasteiger partial charge on any atom is 0.0512 e. The fraction of sp³-hybridized carbons (Fsp3) is 0.214. The second kappa shape index (κ2) is 5.18. The molecule has 1 heterocycles. The first-order chi connectivity index (χ1) is 7.63. The zero-order chi connectivity index (χ0) is 12.1. The number of allylic oxidation sites excluding steroid dienone is 2. The molecule has 0 amide bonds. The van der Waals surface area contributed by atoms with Crippen molar-refractivity contribution in [2.75, 3.05) is 0 Å². The fourth-order valence-electron chi connectivity index (χ4n) is 1.57. The van der Waals surface area contributed by atoms with Gasteiger partial charge in [-0.25, -0.2) is 0 Å². The van der Waals surface area contributed by atoms with Crippen molar-refractivity contribution in [1.29, 1.82) is 0 Å². The summed E-state index contributed by atoms with van der Waals surface area (Å²) < 4.78 is 0. The Morgan fingerprint density at radius 1 is 1.69 bits per heavy atom. The van der Waals surface area contributed by atoms with Crippen LogP contribution in [0.1, 0.15) is 23.9 Å². The Morgan fingerprint density at radius 2 is 2.38 bits per heavy atom. The van der Waals surface area contributed by atoms with Gasteiger partial charge in [0, 0.05) is 23.2 Å². The molecular formula is C14H16N2. The molecule has 1 rings (SSSR count). The van der Waals surface area contributed by atoms with E-state index in [0.717, 1.165) is 17.7 Å². The summed E-state index contributed by atoms with van der Waals surface area (Å²) in [5, 5.41) is 0. The minimum atomic E-state index is 0.652. The summed E-state index contributed by atoms with van der Waals surface area (Å²) >= 11 is 0. The lowest BCUT2D eigenvalue weighted by Crippen LogP contribution is -1.88. The van der Waals surface area contributed by atoms with Crippen LogP contribution < -0.4 is 0 Å². The molecule has 1 aromatic rings. The number of rotatable bonds is 4. The van der Waals surface area contributed by atoms with Crippen LogP contribution in [0.15, 0.2) is 29.4 Å². The van der Waals surface area contributed by atoms with Gasteiger partial charge in [0.05, 0.1) is 5.57 Å². The molecule has 0 aliphatic rings. The molecule has 0 aliphatic heterocycles. The molecule has 82 valence electrons. The Morgan fingerprint density at radius 3 is 2.81 bits per heavy atom. The van der Waals surface area contributed by atoms with Crippen molar-refractivity contribution < 1.29 is 0 Å². The van der Waals surface area contributed by atoms with E-state index in [2.05, 4.69) is 49.1 Å². The van der Waals surface area contributed by atoms with Crippen molar-refractivity contribution in [2.24, 2.45) is 4.99 Å². The van der Waals surface area contributed by atoms with Crippen LogP contribution in [0.4, 0.5) is 0 Å². The minimum Gasteiger partial charge on any atom is -0.358 e. The molecule has 1 aromatic heterocycles. The van der Waals surface area contributed by atoms with Gasteiger partial charge in [0.15, 0.2) is 0 Å². The van der Waals surface area contributed by atoms with Crippen molar-refractivity contribution in [2.45, 2.75) is 20.3 Å². The number of hydrogen-bond acceptors (Lipinski definition) is 1. The van der Waals surface area contributed by atoms with Gasteiger partial charge < -0.3 is 4.98 Å². The third-order valence-electron chi connectivity index (χ3n) is 2.50. The number of terminal acetylenes is 1. The third kappa shape index (κ3) is 2.32. The summed E-state index contributed by atoms with van der Waals surface area (Å²) in [4.78, 5) is 6.98. The molecule has 0 saturated carbocycles. The standard InChI is InChI=1S/C14H16N2/c1-6-12(9-15-5)11(4)14-8-10(3)13(7-2)16-14/h1,8-9,16H,4-5,7H2,2-3H3/b12-9-. The number of H-pyrrole nitrogens is 1. The minimum absolute atomic E-state index is 0.652. The average molecular weight is 212 g/mol. The predicted octanol–water partition coefficient (Wildman–Crippen LogP) is 3.12. The molecule has 0 aromatic carbocycles. The van der Waals surface area contributed by atoms with Gasteiger partial charge in [0.2, 0.25) is 0 Å². The van der Waals surface area contributed by atoms with Crippen LogP contribution in [0.3, 0.4) is 0 Å². The molecule has 0 fully saturated rings. The van der Waals surface area contributed by atoms with Gasteiger partial charge in [0.1, 0.15) is 0 Å². The Kier molecular flexibility index (Phi) is 3.90. The van der Waals surface area contributed by atoms with Gasteiger partial charge in [-0.1, -0.05) is 19.4 Å². The largest absolute Gasteiger partial charge is 0.358 e. The third-order valence-corrected chi connectivity index (χ3v) is 2.50. The van der Waals surface area contributed by atoms with E-state index < -0.39 is 0 Å². The normalized spacial score (nSPS) is 10.9. The molecule has 0 atom stereocenters. The lowest BCUT2D eigenvalue weighted by Gasteiger charge is -2.01. The first-order valence-electron chi connectivity index (χ1n) is 5.14. The fourth-order valence-corrected chi connectivity index (χ4v) is 1.57. The number of nitrogens with one attached hydrogen (secondary N) is 1. The maximum absolute atomic E-state index is 5.39. The molecule has 0 saturated heterocycles. The van der Waals surface area contributed by atoms with Gasteiger partial charge in [0.25, 0.3) is 0 Å². The molecular weight excluding hydrogens is 196 g/mol. The first kappa shape index (κ1) is 12.1. The molecule has 0 bridgehead atoms. The van der Waals surface area contributed by atoms with E-state index in [0.29, 0.717) is 5.57 Å². The van der Waals surface area contributed by atoms with Crippen molar-refractivity contribution in [3.63, 3.8) is 0 Å². The molecule has 0 spiro atoms. The molecule has 0 radical (unpaired) electrons. The SMILES string of the molecule is C#C/C(=C/N=C)C(=C)c1cc(C)c(CC)[nH]1. The summed E-state index contributed by atoms with van der Waals surface area (Å²) in [6.45, 7) is 11.5. The van der Waals surface area contributed by atoms with Gasteiger partial charge in [-0.3, -0.25) is 4.99 Å². The number of aromatic amines is 1. The Labute approximate surface area is 96.8 Å². The lowest BCUT2D eigenvalue weighted by molar-refractivity contribution is 1.04. The highest BCUT2D eigenvalue weighted by molar-refractivity contribution is 5.80. The lowest BCUT2D eigenvalue weighted by atomic mass is 10.1. The van der Waals surface area contributed by atoms with Gasteiger partial charge >= 0.3 is 0 Å². The second-order valence-corrected chi connectivity index (χ2v) is 3.55. The number of aryl methyl sites for hydroxylation is 2. The van der Waals surface area contributed by atoms with Crippen molar-refractivity contribution >= 4 is 12.3 Å². The van der Waals surface area contributed by atoms with Gasteiger partial charge in [-0.05, 0) is 31.7 Å². The van der Waals surface area contributed by atoms with Gasteiger partial charge in [-0.2, -0.15) is 0 Å². The van der Waals surface area contributed by atoms with Crippen LogP contribution >= 0.6 is 0 Å². The maximum atomic E-state index is 5.39. The van der Waals surface area contributed by atoms with E-state index in [4.69, 9.17) is 6.42 Å². The number of nitrogens with zero attached hydrogens (tertiary/aromatic N) is 1. The molecule has 2 heteroatoms. The second-order valence-electron chi connectivity index (χ2n) is 3.55. The number of aliphatic imine (C=N–C) groups is 1. The van der Waals surface area contributed by atoms with Crippen molar-refractivity contribution in [3.05, 3.63) is 41.4 Å². The topological polar surface area (TPSA) is 28.1 Å². The average Bonchev–Trinajstić information content (AvgIpc) is 2.66. The molecule has 0 unspecified atom stereocenters. The smallest absolute Gasteiger partial charge is 0.0512 e. The summed E-state index contributed by atoms with van der Waals surface area (Å²) in [7, 11) is 0. The van der Waals surface area contributed by atoms with E-state index >= 15 is 0 Å².